The minimum Gasteiger partial charge on any atom is -0.316 e. The summed E-state index contributed by atoms with van der Waals surface area (Å²) < 4.78 is 26.0. The second-order valence-electron chi connectivity index (χ2n) is 4.14. The van der Waals surface area contributed by atoms with Crippen molar-refractivity contribution < 1.29 is 8.78 Å². The van der Waals surface area contributed by atoms with Crippen molar-refractivity contribution in [3.05, 3.63) is 35.4 Å². The maximum atomic E-state index is 13.3. The van der Waals surface area contributed by atoms with Crippen molar-refractivity contribution in [1.29, 1.82) is 0 Å². The molecule has 0 bridgehead atoms. The molecule has 0 saturated heterocycles. The van der Waals surface area contributed by atoms with Crippen LogP contribution >= 0.6 is 0 Å². The van der Waals surface area contributed by atoms with Gasteiger partial charge in [-0.1, -0.05) is 13.0 Å². The molecule has 0 aliphatic rings. The monoisotopic (exact) mass is 242 g/mol. The van der Waals surface area contributed by atoms with Gasteiger partial charge in [-0.05, 0) is 31.6 Å². The van der Waals surface area contributed by atoms with Crippen LogP contribution in [0.1, 0.15) is 12.5 Å². The lowest BCUT2D eigenvalue weighted by atomic mass is 10.1. The minimum atomic E-state index is -0.522. The Kier molecular flexibility index (Phi) is 6.08. The summed E-state index contributed by atoms with van der Waals surface area (Å²) in [6, 6.07) is 3.76. The fraction of sp³-hybridized carbons (Fsp3) is 0.538. The van der Waals surface area contributed by atoms with E-state index in [2.05, 4.69) is 17.1 Å². The van der Waals surface area contributed by atoms with Crippen LogP contribution in [0.4, 0.5) is 8.78 Å². The van der Waals surface area contributed by atoms with Gasteiger partial charge in [-0.15, -0.1) is 0 Å². The van der Waals surface area contributed by atoms with E-state index in [0.29, 0.717) is 12.0 Å². The molecule has 1 aromatic carbocycles. The molecule has 0 spiro atoms. The lowest BCUT2D eigenvalue weighted by molar-refractivity contribution is 0.335. The molecule has 1 rings (SSSR count). The summed E-state index contributed by atoms with van der Waals surface area (Å²) >= 11 is 0. The number of likely N-dealkylation sites (N-methyl/N-ethyl adjacent to an activating group) is 2. The van der Waals surface area contributed by atoms with Gasteiger partial charge >= 0.3 is 0 Å². The standard InChI is InChI=1S/C13H20F2N2/c1-3-16-7-9-17(2)8-6-11-4-5-12(14)10-13(11)15/h4-5,10,16H,3,6-9H2,1-2H3. The zero-order valence-electron chi connectivity index (χ0n) is 10.5. The zero-order valence-corrected chi connectivity index (χ0v) is 10.5. The molecule has 1 N–H and O–H groups in total. The van der Waals surface area contributed by atoms with Crippen molar-refractivity contribution in [3.8, 4) is 0 Å². The smallest absolute Gasteiger partial charge is 0.129 e. The third-order valence-electron chi connectivity index (χ3n) is 2.70. The van der Waals surface area contributed by atoms with Crippen LogP contribution in [0.3, 0.4) is 0 Å². The van der Waals surface area contributed by atoms with E-state index in [0.717, 1.165) is 32.2 Å². The SMILES string of the molecule is CCNCCN(C)CCc1ccc(F)cc1F. The van der Waals surface area contributed by atoms with Crippen LogP contribution in [0.15, 0.2) is 18.2 Å². The Hall–Kier alpha value is -1.00. The first kappa shape index (κ1) is 14.1. The van der Waals surface area contributed by atoms with E-state index in [1.165, 1.54) is 12.1 Å². The summed E-state index contributed by atoms with van der Waals surface area (Å²) in [6.45, 7) is 5.65. The maximum absolute atomic E-state index is 13.3. The van der Waals surface area contributed by atoms with Gasteiger partial charge in [0.1, 0.15) is 11.6 Å². The first-order valence-corrected chi connectivity index (χ1v) is 5.96. The summed E-state index contributed by atoms with van der Waals surface area (Å²) in [7, 11) is 2.00. The molecule has 0 fully saturated rings. The Morgan fingerprint density at radius 3 is 2.65 bits per heavy atom. The van der Waals surface area contributed by atoms with Gasteiger partial charge < -0.3 is 10.2 Å². The van der Waals surface area contributed by atoms with Crippen LogP contribution in [0.25, 0.3) is 0 Å². The number of hydrogen-bond acceptors (Lipinski definition) is 2. The quantitative estimate of drug-likeness (QED) is 0.736. The molecule has 0 radical (unpaired) electrons. The van der Waals surface area contributed by atoms with Crippen molar-refractivity contribution in [1.82, 2.24) is 10.2 Å². The van der Waals surface area contributed by atoms with Crippen LogP contribution in [0, 0.1) is 11.6 Å². The van der Waals surface area contributed by atoms with Crippen molar-refractivity contribution in [2.24, 2.45) is 0 Å². The number of rotatable bonds is 7. The average molecular weight is 242 g/mol. The molecule has 0 aromatic heterocycles. The molecule has 96 valence electrons. The summed E-state index contributed by atoms with van der Waals surface area (Å²) in [4.78, 5) is 2.13. The molecule has 0 heterocycles. The average Bonchev–Trinajstić information content (AvgIpc) is 2.28. The minimum absolute atomic E-state index is 0.454. The van der Waals surface area contributed by atoms with Gasteiger partial charge in [0.05, 0.1) is 0 Å². The Labute approximate surface area is 102 Å². The topological polar surface area (TPSA) is 15.3 Å². The Morgan fingerprint density at radius 2 is 2.00 bits per heavy atom. The van der Waals surface area contributed by atoms with Crippen molar-refractivity contribution >= 4 is 0 Å². The number of nitrogens with one attached hydrogen (secondary N) is 1. The zero-order chi connectivity index (χ0) is 12.7. The van der Waals surface area contributed by atoms with Gasteiger partial charge in [0, 0.05) is 25.7 Å². The van der Waals surface area contributed by atoms with Crippen LogP contribution < -0.4 is 5.32 Å². The largest absolute Gasteiger partial charge is 0.316 e. The maximum Gasteiger partial charge on any atom is 0.129 e. The van der Waals surface area contributed by atoms with Gasteiger partial charge in [-0.2, -0.15) is 0 Å². The molecule has 4 heteroatoms. The normalized spacial score (nSPS) is 11.1. The highest BCUT2D eigenvalue weighted by molar-refractivity contribution is 5.18. The molecule has 2 nitrogen and oxygen atoms in total. The Morgan fingerprint density at radius 1 is 1.24 bits per heavy atom. The van der Waals surface area contributed by atoms with Crippen molar-refractivity contribution in [3.63, 3.8) is 0 Å². The van der Waals surface area contributed by atoms with E-state index < -0.39 is 11.6 Å². The molecule has 17 heavy (non-hydrogen) atoms. The predicted octanol–water partition coefficient (Wildman–Crippen LogP) is 2.05. The highest BCUT2D eigenvalue weighted by Gasteiger charge is 2.05. The summed E-state index contributed by atoms with van der Waals surface area (Å²) in [5, 5.41) is 3.23. The van der Waals surface area contributed by atoms with Crippen LogP contribution in [-0.4, -0.2) is 38.1 Å². The molecule has 0 aliphatic carbocycles. The number of halogens is 2. The molecule has 1 aromatic rings. The van der Waals surface area contributed by atoms with Gasteiger partial charge in [0.2, 0.25) is 0 Å². The van der Waals surface area contributed by atoms with Crippen LogP contribution in [0.5, 0.6) is 0 Å². The fourth-order valence-electron chi connectivity index (χ4n) is 1.59. The van der Waals surface area contributed by atoms with E-state index in [9.17, 15) is 8.78 Å². The van der Waals surface area contributed by atoms with E-state index in [1.54, 1.807) is 0 Å². The summed E-state index contributed by atoms with van der Waals surface area (Å²) in [5.74, 6) is -0.975. The lowest BCUT2D eigenvalue weighted by Gasteiger charge is -2.16. The van der Waals surface area contributed by atoms with Gasteiger partial charge in [0.15, 0.2) is 0 Å². The van der Waals surface area contributed by atoms with E-state index >= 15 is 0 Å². The molecular formula is C13H20F2N2. The van der Waals surface area contributed by atoms with E-state index in [1.807, 2.05) is 7.05 Å². The molecular weight excluding hydrogens is 222 g/mol. The van der Waals surface area contributed by atoms with Gasteiger partial charge in [-0.25, -0.2) is 8.78 Å². The Balaban J connectivity index is 2.34. The molecule has 0 aliphatic heterocycles. The number of nitrogens with zero attached hydrogens (tertiary/aromatic N) is 1. The van der Waals surface area contributed by atoms with Crippen molar-refractivity contribution in [2.45, 2.75) is 13.3 Å². The number of hydrogen-bond donors (Lipinski definition) is 1. The third-order valence-corrected chi connectivity index (χ3v) is 2.70. The first-order valence-electron chi connectivity index (χ1n) is 5.96. The fourth-order valence-corrected chi connectivity index (χ4v) is 1.59. The second-order valence-corrected chi connectivity index (χ2v) is 4.14. The molecule has 0 unspecified atom stereocenters. The predicted molar refractivity (Wildman–Crippen MR) is 66.1 cm³/mol. The molecule has 0 amide bonds. The summed E-state index contributed by atoms with van der Waals surface area (Å²) in [5.41, 5.74) is 0.571. The summed E-state index contributed by atoms with van der Waals surface area (Å²) in [6.07, 6.45) is 0.606. The molecule has 0 saturated carbocycles. The van der Waals surface area contributed by atoms with Gasteiger partial charge in [-0.3, -0.25) is 0 Å². The third kappa shape index (κ3) is 5.24. The van der Waals surface area contributed by atoms with E-state index in [4.69, 9.17) is 0 Å². The Bertz CT molecular complexity index is 342. The number of benzene rings is 1. The second kappa shape index (κ2) is 7.35. The highest BCUT2D eigenvalue weighted by Crippen LogP contribution is 2.10. The van der Waals surface area contributed by atoms with Crippen LogP contribution in [0.2, 0.25) is 0 Å². The van der Waals surface area contributed by atoms with Crippen molar-refractivity contribution in [2.75, 3.05) is 33.2 Å². The van der Waals surface area contributed by atoms with Crippen LogP contribution in [-0.2, 0) is 6.42 Å². The lowest BCUT2D eigenvalue weighted by Crippen LogP contribution is -2.30. The van der Waals surface area contributed by atoms with Gasteiger partial charge in [0.25, 0.3) is 0 Å². The highest BCUT2D eigenvalue weighted by atomic mass is 19.1. The van der Waals surface area contributed by atoms with E-state index in [-0.39, 0.29) is 0 Å². The molecule has 0 atom stereocenters. The first-order chi connectivity index (χ1) is 8.13.